The van der Waals surface area contributed by atoms with Gasteiger partial charge >= 0.3 is 0 Å². The molecular weight excluding hydrogens is 232 g/mol. The van der Waals surface area contributed by atoms with E-state index in [0.29, 0.717) is 13.2 Å². The number of phenolic OH excluding ortho intramolecular Hbond substituents is 1. The number of anilines is 1. The number of nitrogens with two attached hydrogens (primary N) is 1. The number of nitrogen functional groups attached to an aromatic ring is 1. The zero-order chi connectivity index (χ0) is 13.7. The van der Waals surface area contributed by atoms with Gasteiger partial charge in [0.15, 0.2) is 5.75 Å². The van der Waals surface area contributed by atoms with E-state index in [1.165, 1.54) is 0 Å². The lowest BCUT2D eigenvalue weighted by atomic mass is 10.1. The van der Waals surface area contributed by atoms with Gasteiger partial charge in [-0.3, -0.25) is 4.79 Å². The maximum Gasteiger partial charge on any atom is 0.258 e. The van der Waals surface area contributed by atoms with E-state index in [2.05, 4.69) is 0 Å². The fourth-order valence-electron chi connectivity index (χ4n) is 1.67. The van der Waals surface area contributed by atoms with E-state index in [1.807, 2.05) is 13.8 Å². The van der Waals surface area contributed by atoms with Gasteiger partial charge in [-0.2, -0.15) is 0 Å². The Hall–Kier alpha value is -1.75. The third-order valence-corrected chi connectivity index (χ3v) is 2.72. The van der Waals surface area contributed by atoms with Crippen LogP contribution in [0.1, 0.15) is 24.2 Å². The van der Waals surface area contributed by atoms with Gasteiger partial charge in [-0.05, 0) is 26.0 Å². The third kappa shape index (κ3) is 3.13. The Morgan fingerprint density at radius 2 is 2.17 bits per heavy atom. The van der Waals surface area contributed by atoms with Gasteiger partial charge in [0.2, 0.25) is 0 Å². The van der Waals surface area contributed by atoms with Crippen LogP contribution in [0.5, 0.6) is 5.75 Å². The SMILES string of the molecule is COCCN(C(=O)c1cccc(N)c1O)C(C)C. The number of benzene rings is 1. The summed E-state index contributed by atoms with van der Waals surface area (Å²) in [6.07, 6.45) is 0. The Morgan fingerprint density at radius 1 is 1.50 bits per heavy atom. The Bertz CT molecular complexity index is 419. The van der Waals surface area contributed by atoms with Gasteiger partial charge in [-0.25, -0.2) is 0 Å². The second-order valence-electron chi connectivity index (χ2n) is 4.33. The Morgan fingerprint density at radius 3 is 2.72 bits per heavy atom. The maximum absolute atomic E-state index is 12.3. The van der Waals surface area contributed by atoms with Crippen LogP contribution in [0.15, 0.2) is 18.2 Å². The molecule has 0 atom stereocenters. The van der Waals surface area contributed by atoms with Gasteiger partial charge in [0, 0.05) is 19.7 Å². The molecule has 0 radical (unpaired) electrons. The lowest BCUT2D eigenvalue weighted by Crippen LogP contribution is -2.39. The highest BCUT2D eigenvalue weighted by Gasteiger charge is 2.21. The highest BCUT2D eigenvalue weighted by Crippen LogP contribution is 2.26. The Labute approximate surface area is 107 Å². The van der Waals surface area contributed by atoms with Crippen molar-refractivity contribution in [3.63, 3.8) is 0 Å². The lowest BCUT2D eigenvalue weighted by Gasteiger charge is -2.27. The van der Waals surface area contributed by atoms with Crippen LogP contribution in [-0.4, -0.2) is 42.2 Å². The number of ether oxygens (including phenoxy) is 1. The van der Waals surface area contributed by atoms with Crippen LogP contribution in [0, 0.1) is 0 Å². The predicted octanol–water partition coefficient (Wildman–Crippen LogP) is 1.47. The highest BCUT2D eigenvalue weighted by molar-refractivity contribution is 5.98. The topological polar surface area (TPSA) is 75.8 Å². The third-order valence-electron chi connectivity index (χ3n) is 2.72. The number of rotatable bonds is 5. The number of carbonyl (C=O) groups is 1. The zero-order valence-corrected chi connectivity index (χ0v) is 11.0. The molecule has 3 N–H and O–H groups in total. The van der Waals surface area contributed by atoms with Crippen LogP contribution in [0.25, 0.3) is 0 Å². The minimum Gasteiger partial charge on any atom is -0.505 e. The minimum atomic E-state index is -0.244. The van der Waals surface area contributed by atoms with Crippen LogP contribution in [0.4, 0.5) is 5.69 Å². The Kier molecular flexibility index (Phi) is 4.97. The van der Waals surface area contributed by atoms with Crippen LogP contribution in [0.3, 0.4) is 0 Å². The quantitative estimate of drug-likeness (QED) is 0.614. The second kappa shape index (κ2) is 6.26. The number of aromatic hydroxyl groups is 1. The van der Waals surface area contributed by atoms with Crippen molar-refractivity contribution < 1.29 is 14.6 Å². The van der Waals surface area contributed by atoms with Crippen molar-refractivity contribution in [1.82, 2.24) is 4.90 Å². The molecule has 0 unspecified atom stereocenters. The lowest BCUT2D eigenvalue weighted by molar-refractivity contribution is 0.0632. The van der Waals surface area contributed by atoms with Crippen molar-refractivity contribution in [3.05, 3.63) is 23.8 Å². The first-order valence-corrected chi connectivity index (χ1v) is 5.86. The second-order valence-corrected chi connectivity index (χ2v) is 4.33. The number of hydrogen-bond acceptors (Lipinski definition) is 4. The molecule has 0 aliphatic carbocycles. The number of para-hydroxylation sites is 1. The van der Waals surface area contributed by atoms with Crippen molar-refractivity contribution in [2.45, 2.75) is 19.9 Å². The number of methoxy groups -OCH3 is 1. The molecule has 100 valence electrons. The van der Waals surface area contributed by atoms with Crippen molar-refractivity contribution in [3.8, 4) is 5.75 Å². The molecule has 18 heavy (non-hydrogen) atoms. The van der Waals surface area contributed by atoms with Crippen LogP contribution in [-0.2, 0) is 4.74 Å². The summed E-state index contributed by atoms with van der Waals surface area (Å²) in [5.74, 6) is -0.405. The molecule has 0 fully saturated rings. The summed E-state index contributed by atoms with van der Waals surface area (Å²) in [6, 6.07) is 4.79. The number of nitrogens with zero attached hydrogens (tertiary/aromatic N) is 1. The average molecular weight is 252 g/mol. The predicted molar refractivity (Wildman–Crippen MR) is 70.6 cm³/mol. The van der Waals surface area contributed by atoms with Crippen LogP contribution >= 0.6 is 0 Å². The van der Waals surface area contributed by atoms with E-state index in [1.54, 1.807) is 30.2 Å². The van der Waals surface area contributed by atoms with E-state index in [-0.39, 0.29) is 28.9 Å². The number of hydrogen-bond donors (Lipinski definition) is 2. The van der Waals surface area contributed by atoms with Gasteiger partial charge in [0.1, 0.15) is 0 Å². The van der Waals surface area contributed by atoms with E-state index in [4.69, 9.17) is 10.5 Å². The average Bonchev–Trinajstić information content (AvgIpc) is 2.32. The van der Waals surface area contributed by atoms with Crippen molar-refractivity contribution >= 4 is 11.6 Å². The van der Waals surface area contributed by atoms with Gasteiger partial charge in [0.05, 0.1) is 17.9 Å². The molecule has 1 rings (SSSR count). The highest BCUT2D eigenvalue weighted by atomic mass is 16.5. The molecule has 1 amide bonds. The summed E-state index contributed by atoms with van der Waals surface area (Å²) in [5, 5.41) is 9.82. The van der Waals surface area contributed by atoms with Crippen molar-refractivity contribution in [2.24, 2.45) is 0 Å². The molecule has 5 nitrogen and oxygen atoms in total. The molecule has 1 aromatic rings. The molecule has 0 saturated carbocycles. The minimum absolute atomic E-state index is 0.0217. The van der Waals surface area contributed by atoms with Gasteiger partial charge in [0.25, 0.3) is 5.91 Å². The summed E-state index contributed by atoms with van der Waals surface area (Å²) < 4.78 is 4.98. The molecule has 1 aromatic carbocycles. The van der Waals surface area contributed by atoms with Gasteiger partial charge in [-0.1, -0.05) is 6.07 Å². The first kappa shape index (κ1) is 14.3. The molecule has 0 saturated heterocycles. The number of phenols is 1. The van der Waals surface area contributed by atoms with E-state index in [0.717, 1.165) is 0 Å². The summed E-state index contributed by atoms with van der Waals surface area (Å²) >= 11 is 0. The van der Waals surface area contributed by atoms with E-state index in [9.17, 15) is 9.90 Å². The number of carbonyl (C=O) groups excluding carboxylic acids is 1. The molecular formula is C13H20N2O3. The molecule has 5 heteroatoms. The maximum atomic E-state index is 12.3. The first-order valence-electron chi connectivity index (χ1n) is 5.86. The molecule has 0 aliphatic heterocycles. The van der Waals surface area contributed by atoms with E-state index < -0.39 is 0 Å². The molecule has 0 heterocycles. The van der Waals surface area contributed by atoms with Crippen molar-refractivity contribution in [2.75, 3.05) is 26.0 Å². The fourth-order valence-corrected chi connectivity index (χ4v) is 1.67. The summed E-state index contributed by atoms with van der Waals surface area (Å²) in [5.41, 5.74) is 6.02. The molecule has 0 aromatic heterocycles. The Balaban J connectivity index is 2.98. The van der Waals surface area contributed by atoms with Gasteiger partial charge in [-0.15, -0.1) is 0 Å². The van der Waals surface area contributed by atoms with Crippen LogP contribution in [0.2, 0.25) is 0 Å². The monoisotopic (exact) mass is 252 g/mol. The molecule has 0 spiro atoms. The summed E-state index contributed by atoms with van der Waals surface area (Å²) in [6.45, 7) is 4.75. The summed E-state index contributed by atoms with van der Waals surface area (Å²) in [7, 11) is 1.58. The smallest absolute Gasteiger partial charge is 0.258 e. The molecule has 0 bridgehead atoms. The first-order chi connectivity index (χ1) is 8.49. The van der Waals surface area contributed by atoms with E-state index >= 15 is 0 Å². The normalized spacial score (nSPS) is 10.7. The summed E-state index contributed by atoms with van der Waals surface area (Å²) in [4.78, 5) is 14.0. The van der Waals surface area contributed by atoms with Crippen LogP contribution < -0.4 is 5.73 Å². The van der Waals surface area contributed by atoms with Gasteiger partial charge < -0.3 is 20.5 Å². The largest absolute Gasteiger partial charge is 0.505 e. The molecule has 0 aliphatic rings. The number of amides is 1. The standard InChI is InChI=1S/C13H20N2O3/c1-9(2)15(7-8-18-3)13(17)10-5-4-6-11(14)12(10)16/h4-6,9,16H,7-8,14H2,1-3H3. The zero-order valence-electron chi connectivity index (χ0n) is 11.0. The van der Waals surface area contributed by atoms with Crippen molar-refractivity contribution in [1.29, 1.82) is 0 Å². The fraction of sp³-hybridized carbons (Fsp3) is 0.462.